The normalized spacial score (nSPS) is 12.4. The zero-order valence-electron chi connectivity index (χ0n) is 9.66. The van der Waals surface area contributed by atoms with Crippen molar-refractivity contribution >= 4 is 0 Å². The highest BCUT2D eigenvalue weighted by atomic mass is 14.9. The molecule has 0 saturated heterocycles. The lowest BCUT2D eigenvalue weighted by molar-refractivity contribution is 0.513. The fourth-order valence-corrected chi connectivity index (χ4v) is 1.45. The van der Waals surface area contributed by atoms with Crippen molar-refractivity contribution in [1.82, 2.24) is 10.3 Å². The first kappa shape index (κ1) is 11.9. The lowest BCUT2D eigenvalue weighted by Crippen LogP contribution is -2.25. The summed E-state index contributed by atoms with van der Waals surface area (Å²) in [6.07, 6.45) is 4.16. The summed E-state index contributed by atoms with van der Waals surface area (Å²) in [6.45, 7) is 8.78. The van der Waals surface area contributed by atoms with Crippen LogP contribution in [-0.2, 0) is 6.54 Å². The highest BCUT2D eigenvalue weighted by Gasteiger charge is 2.00. The van der Waals surface area contributed by atoms with E-state index in [9.17, 15) is 0 Å². The van der Waals surface area contributed by atoms with Gasteiger partial charge in [-0.3, -0.25) is 4.98 Å². The van der Waals surface area contributed by atoms with Gasteiger partial charge in [0.2, 0.25) is 0 Å². The fraction of sp³-hybridized carbons (Fsp3) is 0.462. The smallest absolute Gasteiger partial charge is 0.0544 e. The lowest BCUT2D eigenvalue weighted by Gasteiger charge is -2.12. The number of aryl methyl sites for hydroxylation is 1. The Bertz CT molecular complexity index is 307. The molecule has 0 bridgehead atoms. The molecule has 2 nitrogen and oxygen atoms in total. The Morgan fingerprint density at radius 3 is 3.00 bits per heavy atom. The van der Waals surface area contributed by atoms with Gasteiger partial charge in [-0.1, -0.05) is 12.1 Å². The number of allylic oxidation sites excluding steroid dienone is 1. The molecule has 0 amide bonds. The maximum Gasteiger partial charge on any atom is 0.0544 e. The van der Waals surface area contributed by atoms with E-state index in [-0.39, 0.29) is 0 Å². The van der Waals surface area contributed by atoms with Crippen LogP contribution >= 0.6 is 0 Å². The molecule has 2 heteroatoms. The molecule has 0 aromatic carbocycles. The molecule has 0 aliphatic heterocycles. The third-order valence-corrected chi connectivity index (χ3v) is 2.38. The minimum Gasteiger partial charge on any atom is -0.309 e. The van der Waals surface area contributed by atoms with Crippen LogP contribution in [0.15, 0.2) is 30.9 Å². The second-order valence-corrected chi connectivity index (χ2v) is 3.92. The minimum absolute atomic E-state index is 0.519. The molecule has 1 aromatic heterocycles. The van der Waals surface area contributed by atoms with E-state index in [1.807, 2.05) is 25.1 Å². The molecular formula is C13H20N2. The van der Waals surface area contributed by atoms with Crippen molar-refractivity contribution in [3.63, 3.8) is 0 Å². The van der Waals surface area contributed by atoms with E-state index in [1.54, 1.807) is 0 Å². The number of nitrogens with zero attached hydrogens (tertiary/aromatic N) is 1. The van der Waals surface area contributed by atoms with Gasteiger partial charge in [0.25, 0.3) is 0 Å². The van der Waals surface area contributed by atoms with Gasteiger partial charge in [0.05, 0.1) is 5.69 Å². The summed E-state index contributed by atoms with van der Waals surface area (Å²) in [5.74, 6) is 0. The van der Waals surface area contributed by atoms with E-state index >= 15 is 0 Å². The molecule has 1 rings (SSSR count). The van der Waals surface area contributed by atoms with Gasteiger partial charge in [-0.25, -0.2) is 0 Å². The van der Waals surface area contributed by atoms with Crippen molar-refractivity contribution in [2.75, 3.05) is 0 Å². The Kier molecular flexibility index (Phi) is 5.05. The molecule has 1 N–H and O–H groups in total. The van der Waals surface area contributed by atoms with Crippen molar-refractivity contribution in [1.29, 1.82) is 0 Å². The third kappa shape index (κ3) is 4.75. The van der Waals surface area contributed by atoms with Crippen LogP contribution in [0, 0.1) is 6.92 Å². The quantitative estimate of drug-likeness (QED) is 0.721. The van der Waals surface area contributed by atoms with E-state index in [2.05, 4.69) is 29.9 Å². The predicted octanol–water partition coefficient (Wildman–Crippen LogP) is 2.83. The molecule has 0 fully saturated rings. The molecule has 82 valence electrons. The monoisotopic (exact) mass is 204 g/mol. The van der Waals surface area contributed by atoms with Crippen molar-refractivity contribution in [3.8, 4) is 0 Å². The zero-order valence-corrected chi connectivity index (χ0v) is 9.66. The summed E-state index contributed by atoms with van der Waals surface area (Å²) >= 11 is 0. The van der Waals surface area contributed by atoms with Gasteiger partial charge in [0, 0.05) is 18.3 Å². The van der Waals surface area contributed by atoms with Crippen LogP contribution in [0.1, 0.15) is 31.2 Å². The van der Waals surface area contributed by atoms with Gasteiger partial charge in [0.1, 0.15) is 0 Å². The van der Waals surface area contributed by atoms with Gasteiger partial charge in [-0.05, 0) is 38.8 Å². The first-order valence-electron chi connectivity index (χ1n) is 5.49. The Balaban J connectivity index is 2.33. The summed E-state index contributed by atoms with van der Waals surface area (Å²) in [6, 6.07) is 6.64. The average molecular weight is 204 g/mol. The zero-order chi connectivity index (χ0) is 11.1. The van der Waals surface area contributed by atoms with Crippen LogP contribution in [0.4, 0.5) is 0 Å². The van der Waals surface area contributed by atoms with Gasteiger partial charge >= 0.3 is 0 Å². The standard InChI is InChI=1S/C13H20N2/c1-4-5-7-11(2)14-10-13-9-6-8-12(3)15-13/h4,6,8-9,11,14H,1,5,7,10H2,2-3H3. The van der Waals surface area contributed by atoms with Gasteiger partial charge in [-0.2, -0.15) is 0 Å². The molecule has 1 unspecified atom stereocenters. The molecule has 0 spiro atoms. The molecule has 0 aliphatic carbocycles. The summed E-state index contributed by atoms with van der Waals surface area (Å²) in [5, 5.41) is 3.45. The third-order valence-electron chi connectivity index (χ3n) is 2.38. The Labute approximate surface area is 92.4 Å². The highest BCUT2D eigenvalue weighted by Crippen LogP contribution is 2.01. The number of hydrogen-bond acceptors (Lipinski definition) is 2. The number of nitrogens with one attached hydrogen (secondary N) is 1. The largest absolute Gasteiger partial charge is 0.309 e. The molecule has 0 saturated carbocycles. The average Bonchev–Trinajstić information content (AvgIpc) is 2.23. The Hall–Kier alpha value is -1.15. The van der Waals surface area contributed by atoms with Crippen LogP contribution < -0.4 is 5.32 Å². The van der Waals surface area contributed by atoms with Crippen molar-refractivity contribution in [2.45, 2.75) is 39.3 Å². The van der Waals surface area contributed by atoms with Crippen LogP contribution in [0.5, 0.6) is 0 Å². The van der Waals surface area contributed by atoms with E-state index in [0.29, 0.717) is 6.04 Å². The molecule has 0 aliphatic rings. The van der Waals surface area contributed by atoms with Crippen molar-refractivity contribution < 1.29 is 0 Å². The molecule has 0 radical (unpaired) electrons. The highest BCUT2D eigenvalue weighted by molar-refractivity contribution is 5.09. The van der Waals surface area contributed by atoms with Crippen LogP contribution in [0.25, 0.3) is 0 Å². The fourth-order valence-electron chi connectivity index (χ4n) is 1.45. The summed E-state index contributed by atoms with van der Waals surface area (Å²) < 4.78 is 0. The molecule has 1 heterocycles. The van der Waals surface area contributed by atoms with Crippen LogP contribution in [0.3, 0.4) is 0 Å². The number of rotatable bonds is 6. The summed E-state index contributed by atoms with van der Waals surface area (Å²) in [4.78, 5) is 4.44. The predicted molar refractivity (Wildman–Crippen MR) is 64.7 cm³/mol. The summed E-state index contributed by atoms with van der Waals surface area (Å²) in [5.41, 5.74) is 2.19. The maximum atomic E-state index is 4.44. The van der Waals surface area contributed by atoms with E-state index in [1.165, 1.54) is 0 Å². The summed E-state index contributed by atoms with van der Waals surface area (Å²) in [7, 11) is 0. The molecule has 1 aromatic rings. The Morgan fingerprint density at radius 2 is 2.33 bits per heavy atom. The van der Waals surface area contributed by atoms with E-state index < -0.39 is 0 Å². The number of hydrogen-bond donors (Lipinski definition) is 1. The number of aromatic nitrogens is 1. The first-order valence-corrected chi connectivity index (χ1v) is 5.49. The van der Waals surface area contributed by atoms with Gasteiger partial charge < -0.3 is 5.32 Å². The second kappa shape index (κ2) is 6.36. The molecular weight excluding hydrogens is 184 g/mol. The molecule has 15 heavy (non-hydrogen) atoms. The van der Waals surface area contributed by atoms with Crippen LogP contribution in [-0.4, -0.2) is 11.0 Å². The van der Waals surface area contributed by atoms with Gasteiger partial charge in [-0.15, -0.1) is 6.58 Å². The maximum absolute atomic E-state index is 4.44. The SMILES string of the molecule is C=CCCC(C)NCc1cccc(C)n1. The van der Waals surface area contributed by atoms with Crippen LogP contribution in [0.2, 0.25) is 0 Å². The minimum atomic E-state index is 0.519. The van der Waals surface area contributed by atoms with E-state index in [0.717, 1.165) is 30.8 Å². The molecule has 1 atom stereocenters. The van der Waals surface area contributed by atoms with Crippen molar-refractivity contribution in [2.24, 2.45) is 0 Å². The van der Waals surface area contributed by atoms with E-state index in [4.69, 9.17) is 0 Å². The second-order valence-electron chi connectivity index (χ2n) is 3.92. The topological polar surface area (TPSA) is 24.9 Å². The Morgan fingerprint density at radius 1 is 1.53 bits per heavy atom. The van der Waals surface area contributed by atoms with Gasteiger partial charge in [0.15, 0.2) is 0 Å². The lowest BCUT2D eigenvalue weighted by atomic mass is 10.2. The van der Waals surface area contributed by atoms with Crippen molar-refractivity contribution in [3.05, 3.63) is 42.2 Å². The number of pyridine rings is 1. The first-order chi connectivity index (χ1) is 7.22.